The molecular formula is C50H62N4O13. The Kier molecular flexibility index (Phi) is 13.5. The molecule has 4 aliphatic rings. The van der Waals surface area contributed by atoms with E-state index in [1.54, 1.807) is 45.9 Å². The normalized spacial score (nSPS) is 31.4. The number of phenols is 1. The van der Waals surface area contributed by atoms with Crippen LogP contribution in [0.2, 0.25) is 0 Å². The van der Waals surface area contributed by atoms with Crippen LogP contribution < -0.4 is 31.0 Å². The number of carbonyl (C=O) groups is 1. The van der Waals surface area contributed by atoms with Crippen molar-refractivity contribution in [1.82, 2.24) is 9.88 Å². The molecule has 360 valence electrons. The van der Waals surface area contributed by atoms with Gasteiger partial charge in [0.05, 0.1) is 54.5 Å². The van der Waals surface area contributed by atoms with Crippen molar-refractivity contribution in [3.8, 4) is 11.5 Å². The number of fused-ring (bicyclic) bond motifs is 2. The molecule has 1 amide bonds. The molecular weight excluding hydrogens is 865 g/mol. The summed E-state index contributed by atoms with van der Waals surface area (Å²) in [5.41, 5.74) is -1.25. The number of piperidine rings is 1. The molecule has 4 bridgehead atoms. The maximum Gasteiger partial charge on any atom is 0.307 e. The second-order valence-corrected chi connectivity index (χ2v) is 18.8. The number of hydrogen-bond donors (Lipinski definition) is 6. The molecule has 0 spiro atoms. The first-order valence-corrected chi connectivity index (χ1v) is 23.1. The summed E-state index contributed by atoms with van der Waals surface area (Å²) in [5.74, 6) is -6.20. The number of phenolic OH excluding ortho intramolecular Hbond substituents is 1. The Hall–Kier alpha value is -5.56. The number of morpholine rings is 1. The van der Waals surface area contributed by atoms with Crippen LogP contribution in [-0.4, -0.2) is 124 Å². The number of carbonyl (C=O) groups excluding carboxylic acids is 1. The van der Waals surface area contributed by atoms with Crippen molar-refractivity contribution in [2.75, 3.05) is 56.7 Å². The Balaban J connectivity index is 1.31. The standard InChI is InChI=1S/C50H62N4O13/c1-24-10-9-11-25(2)49(62)52-40-45(60)36-35(39-47(40)66-34-23-31(22-32(55)38(34)51-39)53-15-12-30(13-16-53)54-17-20-64-21-18-54)37-46(29(6)44(36)59)67-50(7,48(37)61)65-19-14-33(63-8)26(3)42(57)28(5)43(58)27(4)41(24)56/h9-11,14,19,22-24,26-28,30,33,41-43,56-59,61H,12-13,15-18,20-21H2,1-8H3,(H,52,62)/b10-9+,19-14+,25-11-/t24-,26+,27+,28-,33-,41-,42+,43+,50-/m0/s1. The summed E-state index contributed by atoms with van der Waals surface area (Å²) in [6.07, 6.45) is 5.26. The number of rotatable bonds is 3. The zero-order valence-corrected chi connectivity index (χ0v) is 39.2. The van der Waals surface area contributed by atoms with Gasteiger partial charge in [-0.1, -0.05) is 45.9 Å². The van der Waals surface area contributed by atoms with Crippen molar-refractivity contribution in [1.29, 1.82) is 0 Å². The molecule has 2 saturated heterocycles. The molecule has 67 heavy (non-hydrogen) atoms. The number of benzene rings is 3. The van der Waals surface area contributed by atoms with Gasteiger partial charge in [0.15, 0.2) is 22.4 Å². The van der Waals surface area contributed by atoms with Gasteiger partial charge in [-0.05, 0) is 32.8 Å². The highest BCUT2D eigenvalue weighted by Gasteiger charge is 2.44. The number of hydrogen-bond acceptors (Lipinski definition) is 16. The summed E-state index contributed by atoms with van der Waals surface area (Å²) >= 11 is 0. The third-order valence-electron chi connectivity index (χ3n) is 14.5. The Bertz CT molecular complexity index is 2850. The van der Waals surface area contributed by atoms with Gasteiger partial charge in [-0.25, -0.2) is 4.98 Å². The average Bonchev–Trinajstić information content (AvgIpc) is 3.59. The van der Waals surface area contributed by atoms with Gasteiger partial charge < -0.3 is 59.1 Å². The van der Waals surface area contributed by atoms with E-state index < -0.39 is 82.1 Å². The molecule has 1 aromatic heterocycles. The van der Waals surface area contributed by atoms with E-state index in [-0.39, 0.29) is 60.8 Å². The fourth-order valence-electron chi connectivity index (χ4n) is 10.1. The van der Waals surface area contributed by atoms with Crippen LogP contribution in [0, 0.1) is 30.6 Å². The number of aromatic nitrogens is 1. The number of nitrogens with one attached hydrogen (secondary N) is 1. The number of amides is 1. The molecule has 17 heteroatoms. The molecule has 2 fully saturated rings. The molecule has 4 aliphatic heterocycles. The summed E-state index contributed by atoms with van der Waals surface area (Å²) in [5, 5.41) is 60.3. The van der Waals surface area contributed by atoms with E-state index in [4.69, 9.17) is 28.3 Å². The number of allylic oxidation sites excluding steroid dienone is 2. The predicted molar refractivity (Wildman–Crippen MR) is 253 cm³/mol. The number of aromatic hydroxyl groups is 1. The highest BCUT2D eigenvalue weighted by Crippen LogP contribution is 2.42. The topological polar surface area (TPSA) is 234 Å². The lowest BCUT2D eigenvalue weighted by Gasteiger charge is -2.40. The van der Waals surface area contributed by atoms with Gasteiger partial charge in [-0.15, -0.1) is 0 Å². The smallest absolute Gasteiger partial charge is 0.307 e. The third kappa shape index (κ3) is 8.65. The van der Waals surface area contributed by atoms with E-state index in [2.05, 4.69) is 15.1 Å². The van der Waals surface area contributed by atoms with Crippen molar-refractivity contribution in [2.24, 2.45) is 23.7 Å². The van der Waals surface area contributed by atoms with E-state index in [0.717, 1.165) is 25.9 Å². The Morgan fingerprint density at radius 2 is 1.54 bits per heavy atom. The minimum atomic E-state index is -1.95. The van der Waals surface area contributed by atoms with E-state index in [1.807, 2.05) is 0 Å². The van der Waals surface area contributed by atoms with Crippen molar-refractivity contribution in [2.45, 2.75) is 97.6 Å². The van der Waals surface area contributed by atoms with Gasteiger partial charge in [0.2, 0.25) is 10.9 Å². The van der Waals surface area contributed by atoms with Crippen LogP contribution in [-0.2, 0) is 19.0 Å². The number of aliphatic hydroxyl groups excluding tert-OH is 4. The molecule has 0 radical (unpaired) electrons. The predicted octanol–water partition coefficient (Wildman–Crippen LogP) is 4.29. The number of methoxy groups -OCH3 is 1. The van der Waals surface area contributed by atoms with Crippen LogP contribution in [0.1, 0.15) is 59.9 Å². The summed E-state index contributed by atoms with van der Waals surface area (Å²) < 4.78 is 30.2. The van der Waals surface area contributed by atoms with Gasteiger partial charge in [0, 0.05) is 104 Å². The van der Waals surface area contributed by atoms with Gasteiger partial charge in [0.1, 0.15) is 22.7 Å². The largest absolute Gasteiger partial charge is 0.507 e. The van der Waals surface area contributed by atoms with Gasteiger partial charge in [-0.2, -0.15) is 0 Å². The molecule has 3 aromatic carbocycles. The molecule has 6 N–H and O–H groups in total. The molecule has 4 aromatic rings. The fraction of sp³-hybridized carbons (Fsp3) is 0.520. The van der Waals surface area contributed by atoms with Gasteiger partial charge in [-0.3, -0.25) is 19.3 Å². The summed E-state index contributed by atoms with van der Waals surface area (Å²) in [4.78, 5) is 52.4. The first kappa shape index (κ1) is 47.9. The van der Waals surface area contributed by atoms with E-state index in [1.165, 1.54) is 52.4 Å². The fourth-order valence-corrected chi connectivity index (χ4v) is 10.1. The molecule has 17 nitrogen and oxygen atoms in total. The molecule has 0 unspecified atom stereocenters. The first-order valence-electron chi connectivity index (χ1n) is 23.1. The summed E-state index contributed by atoms with van der Waals surface area (Å²) in [7, 11) is 1.45. The zero-order valence-electron chi connectivity index (χ0n) is 39.2. The number of ether oxygens (including phenoxy) is 4. The van der Waals surface area contributed by atoms with Crippen LogP contribution in [0.15, 0.2) is 62.3 Å². The SMILES string of the molecule is CO[C@H]1/C=C/O[C@@]2(C)Oc3c(C)c(O)c4c(=O)c(c5oc6cc(N7CCC(N8CCOCC8)CC7)cc(=O)c6nc5c4c3=C2O)NC(=O)/C(C)=C\C=C\[C@H](C)[C@H](O)[C@@H](C)[C@@H](O)[C@@H](C)[C@H](O)[C@@H]1C. The van der Waals surface area contributed by atoms with Crippen molar-refractivity contribution >= 4 is 56.0 Å². The zero-order chi connectivity index (χ0) is 48.2. The lowest BCUT2D eigenvalue weighted by molar-refractivity contribution is -0.112. The minimum absolute atomic E-state index is 0.0347. The second kappa shape index (κ2) is 18.8. The van der Waals surface area contributed by atoms with Crippen molar-refractivity contribution in [3.05, 3.63) is 79.5 Å². The Morgan fingerprint density at radius 3 is 2.22 bits per heavy atom. The minimum Gasteiger partial charge on any atom is -0.507 e. The maximum absolute atomic E-state index is 14.9. The molecule has 0 aliphatic carbocycles. The van der Waals surface area contributed by atoms with Crippen LogP contribution >= 0.6 is 0 Å². The van der Waals surface area contributed by atoms with Crippen molar-refractivity contribution < 1.29 is 53.7 Å². The molecule has 0 saturated carbocycles. The van der Waals surface area contributed by atoms with E-state index in [9.17, 15) is 39.9 Å². The van der Waals surface area contributed by atoms with Crippen LogP contribution in [0.4, 0.5) is 11.4 Å². The quantitative estimate of drug-likeness (QED) is 0.124. The van der Waals surface area contributed by atoms with E-state index in [0.29, 0.717) is 38.0 Å². The number of aliphatic hydroxyl groups is 4. The van der Waals surface area contributed by atoms with Crippen LogP contribution in [0.3, 0.4) is 0 Å². The van der Waals surface area contributed by atoms with Gasteiger partial charge >= 0.3 is 5.79 Å². The van der Waals surface area contributed by atoms with Crippen LogP contribution in [0.5, 0.6) is 11.5 Å². The first-order chi connectivity index (χ1) is 31.9. The molecule has 8 rings (SSSR count). The highest BCUT2D eigenvalue weighted by atomic mass is 16.7. The van der Waals surface area contributed by atoms with Crippen LogP contribution in [0.25, 0.3) is 38.7 Å². The Morgan fingerprint density at radius 1 is 0.866 bits per heavy atom. The highest BCUT2D eigenvalue weighted by molar-refractivity contribution is 6.16. The Labute approximate surface area is 387 Å². The lowest BCUT2D eigenvalue weighted by Crippen LogP contribution is -2.49. The lowest BCUT2D eigenvalue weighted by atomic mass is 9.78. The van der Waals surface area contributed by atoms with Gasteiger partial charge in [0.25, 0.3) is 5.91 Å². The third-order valence-corrected chi connectivity index (χ3v) is 14.5. The monoisotopic (exact) mass is 926 g/mol. The summed E-state index contributed by atoms with van der Waals surface area (Å²) in [6, 6.07) is 3.58. The number of anilines is 2. The second-order valence-electron chi connectivity index (χ2n) is 18.8. The molecule has 5 heterocycles. The van der Waals surface area contributed by atoms with Crippen molar-refractivity contribution in [3.63, 3.8) is 0 Å². The average molecular weight is 927 g/mol. The number of nitrogens with zero attached hydrogens (tertiary/aromatic N) is 3. The molecule has 9 atom stereocenters. The summed E-state index contributed by atoms with van der Waals surface area (Å²) in [6.45, 7) is 15.9. The maximum atomic E-state index is 14.9. The van der Waals surface area contributed by atoms with E-state index >= 15 is 0 Å².